The minimum Gasteiger partial charge on any atom is -0.199 e. The van der Waals surface area contributed by atoms with Crippen molar-refractivity contribution in [3.8, 4) is 4.97 Å². The smallest absolute Gasteiger partial charge is 0.199 e. The molecule has 0 aliphatic rings. The van der Waals surface area contributed by atoms with Gasteiger partial charge in [0.15, 0.2) is 0 Å². The average molecular weight is 236 g/mol. The molecule has 0 fully saturated rings. The van der Waals surface area contributed by atoms with Gasteiger partial charge in [-0.05, 0) is 0 Å². The zero-order valence-corrected chi connectivity index (χ0v) is 11.5. The molecule has 0 unspecified atom stereocenters. The first-order chi connectivity index (χ1) is 4.81. The minimum atomic E-state index is 0. The van der Waals surface area contributed by atoms with Crippen molar-refractivity contribution < 1.29 is 51.4 Å². The summed E-state index contributed by atoms with van der Waals surface area (Å²) >= 11 is 1.77. The molecular weight excluding hydrogens is 228 g/mol. The second-order valence-corrected chi connectivity index (χ2v) is 2.01. The number of rotatable bonds is 0. The fourth-order valence-electron chi connectivity index (χ4n) is 0.478. The molecule has 0 aliphatic heterocycles. The fraction of sp³-hybridized carbons (Fsp3) is 0. The molecule has 0 bridgehead atoms. The molecule has 0 aliphatic carbocycles. The predicted molar refractivity (Wildman–Crippen MR) is 43.7 cm³/mol. The first-order valence-corrected chi connectivity index (χ1v) is 3.65. The van der Waals surface area contributed by atoms with E-state index in [0.717, 1.165) is 5.56 Å². The third-order valence-electron chi connectivity index (χ3n) is 0.843. The Morgan fingerprint density at radius 1 is 1.27 bits per heavy atom. The van der Waals surface area contributed by atoms with E-state index in [1.54, 1.807) is 21.0 Å². The zero-order valence-electron chi connectivity index (χ0n) is 6.49. The van der Waals surface area contributed by atoms with Crippen molar-refractivity contribution in [2.24, 2.45) is 0 Å². The van der Waals surface area contributed by atoms with E-state index in [0.29, 0.717) is 0 Å². The summed E-state index contributed by atoms with van der Waals surface area (Å²) < 4.78 is 0. The van der Waals surface area contributed by atoms with E-state index in [9.17, 15) is 0 Å². The molecular formula is C8H8KNSe. The molecule has 11 heavy (non-hydrogen) atoms. The Hall–Kier alpha value is 0.736. The number of hydrogen-bond donors (Lipinski definition) is 0. The van der Waals surface area contributed by atoms with E-state index in [4.69, 9.17) is 5.26 Å². The van der Waals surface area contributed by atoms with Crippen LogP contribution in [0.3, 0.4) is 0 Å². The maximum absolute atomic E-state index is 7.29. The van der Waals surface area contributed by atoms with Crippen molar-refractivity contribution in [3.05, 3.63) is 42.8 Å². The van der Waals surface area contributed by atoms with Crippen LogP contribution in [0.5, 0.6) is 0 Å². The summed E-state index contributed by atoms with van der Waals surface area (Å²) in [6.45, 7) is 3.72. The maximum Gasteiger partial charge on any atom is 1.00 e. The molecule has 1 aromatic carbocycles. The first kappa shape index (κ1) is 14.3. The van der Waals surface area contributed by atoms with Crippen molar-refractivity contribution in [3.63, 3.8) is 0 Å². The van der Waals surface area contributed by atoms with Gasteiger partial charge in [-0.3, -0.25) is 0 Å². The molecule has 1 rings (SSSR count). The second-order valence-electron chi connectivity index (χ2n) is 1.59. The summed E-state index contributed by atoms with van der Waals surface area (Å²) in [5, 5.41) is 7.29. The summed E-state index contributed by atoms with van der Waals surface area (Å²) in [5.41, 5.74) is 1.07. The standard InChI is InChI=1S/C7H7.CHNSe.K/c1-7-5-3-2-4-6-7;2-1-3;/h2-6H,1H2;3H;/q-1;;+1. The fourth-order valence-corrected chi connectivity index (χ4v) is 0.478. The van der Waals surface area contributed by atoms with Crippen LogP contribution in [-0.2, 0) is 0 Å². The van der Waals surface area contributed by atoms with E-state index in [1.807, 2.05) is 30.3 Å². The third kappa shape index (κ3) is 10.7. The number of nitrogens with zero attached hydrogens (tertiary/aromatic N) is 1. The second kappa shape index (κ2) is 10.7. The van der Waals surface area contributed by atoms with Gasteiger partial charge < -0.3 is 0 Å². The van der Waals surface area contributed by atoms with Crippen molar-refractivity contribution in [1.82, 2.24) is 0 Å². The summed E-state index contributed by atoms with van der Waals surface area (Å²) in [7, 11) is 0. The van der Waals surface area contributed by atoms with Gasteiger partial charge in [-0.25, -0.2) is 0 Å². The molecule has 0 heterocycles. The van der Waals surface area contributed by atoms with Gasteiger partial charge in [0, 0.05) is 0 Å². The van der Waals surface area contributed by atoms with E-state index in [-0.39, 0.29) is 51.4 Å². The summed E-state index contributed by atoms with van der Waals surface area (Å²) in [4.78, 5) is 1.69. The van der Waals surface area contributed by atoms with Gasteiger partial charge in [0.05, 0.1) is 0 Å². The quantitative estimate of drug-likeness (QED) is 0.387. The number of nitriles is 1. The van der Waals surface area contributed by atoms with Crippen LogP contribution in [-0.4, -0.2) is 16.0 Å². The van der Waals surface area contributed by atoms with E-state index in [1.165, 1.54) is 0 Å². The van der Waals surface area contributed by atoms with Gasteiger partial charge in [-0.1, -0.05) is 6.07 Å². The summed E-state index contributed by atoms with van der Waals surface area (Å²) in [6.07, 6.45) is 0. The Balaban J connectivity index is 0. The Labute approximate surface area is 118 Å². The van der Waals surface area contributed by atoms with Crippen LogP contribution in [0, 0.1) is 17.2 Å². The van der Waals surface area contributed by atoms with Crippen LogP contribution >= 0.6 is 0 Å². The van der Waals surface area contributed by atoms with Crippen LogP contribution in [0.15, 0.2) is 30.3 Å². The molecule has 0 amide bonds. The van der Waals surface area contributed by atoms with Gasteiger partial charge in [0.1, 0.15) is 0 Å². The number of hydrogen-bond acceptors (Lipinski definition) is 1. The summed E-state index contributed by atoms with van der Waals surface area (Å²) in [5.74, 6) is 0. The van der Waals surface area contributed by atoms with Gasteiger partial charge >= 0.3 is 77.6 Å². The average Bonchev–Trinajstić information content (AvgIpc) is 1.91. The molecule has 0 N–H and O–H groups in total. The molecule has 1 aromatic rings. The number of benzene rings is 1. The van der Waals surface area contributed by atoms with Crippen molar-refractivity contribution in [1.29, 1.82) is 5.26 Å². The molecule has 52 valence electrons. The molecule has 0 saturated heterocycles. The zero-order chi connectivity index (χ0) is 7.82. The topological polar surface area (TPSA) is 23.8 Å². The van der Waals surface area contributed by atoms with E-state index < -0.39 is 0 Å². The van der Waals surface area contributed by atoms with Crippen LogP contribution in [0.1, 0.15) is 5.56 Å². The van der Waals surface area contributed by atoms with Crippen LogP contribution in [0.4, 0.5) is 0 Å². The Kier molecular flexibility index (Phi) is 13.9. The largest absolute Gasteiger partial charge is 1.00 e. The Bertz CT molecular complexity index is 205. The monoisotopic (exact) mass is 237 g/mol. The van der Waals surface area contributed by atoms with Crippen LogP contribution in [0.25, 0.3) is 0 Å². The molecule has 1 nitrogen and oxygen atoms in total. The Morgan fingerprint density at radius 3 is 1.82 bits per heavy atom. The first-order valence-electron chi connectivity index (χ1n) is 2.71. The van der Waals surface area contributed by atoms with Gasteiger partial charge in [-0.2, -0.15) is 24.6 Å². The van der Waals surface area contributed by atoms with Gasteiger partial charge in [-0.15, -0.1) is 12.1 Å². The molecule has 3 heteroatoms. The molecule has 0 atom stereocenters. The van der Waals surface area contributed by atoms with Crippen LogP contribution < -0.4 is 51.4 Å². The summed E-state index contributed by atoms with van der Waals surface area (Å²) in [6, 6.07) is 9.87. The normalized spacial score (nSPS) is 6.18. The van der Waals surface area contributed by atoms with Crippen LogP contribution in [0.2, 0.25) is 0 Å². The van der Waals surface area contributed by atoms with Gasteiger partial charge in [0.2, 0.25) is 0 Å². The van der Waals surface area contributed by atoms with Gasteiger partial charge in [0.25, 0.3) is 0 Å². The van der Waals surface area contributed by atoms with Crippen molar-refractivity contribution in [2.45, 2.75) is 0 Å². The molecule has 0 spiro atoms. The molecule has 0 aromatic heterocycles. The third-order valence-corrected chi connectivity index (χ3v) is 0.843. The Morgan fingerprint density at radius 2 is 1.64 bits per heavy atom. The van der Waals surface area contributed by atoms with Crippen molar-refractivity contribution in [2.75, 3.05) is 0 Å². The predicted octanol–water partition coefficient (Wildman–Crippen LogP) is -1.76. The molecule has 0 radical (unpaired) electrons. The minimum absolute atomic E-state index is 0. The SMILES string of the molecule is N#C[SeH].[CH2-]c1ccccc1.[K+]. The molecule has 0 saturated carbocycles. The van der Waals surface area contributed by atoms with E-state index >= 15 is 0 Å². The van der Waals surface area contributed by atoms with E-state index in [2.05, 4.69) is 6.92 Å². The van der Waals surface area contributed by atoms with Crippen molar-refractivity contribution >= 4 is 16.0 Å². The maximum atomic E-state index is 7.29.